The van der Waals surface area contributed by atoms with E-state index in [4.69, 9.17) is 0 Å². The zero-order valence-corrected chi connectivity index (χ0v) is 12.4. The molecule has 3 fully saturated rings. The third-order valence-electron chi connectivity index (χ3n) is 6.73. The molecule has 0 spiro atoms. The summed E-state index contributed by atoms with van der Waals surface area (Å²) in [6, 6.07) is 0. The SMILES string of the molecule is CC1CCC(C(C)(C)C2CC3CCC2C3)C(O)C1. The molecule has 0 saturated heterocycles. The molecule has 0 radical (unpaired) electrons. The van der Waals surface area contributed by atoms with E-state index in [0.717, 1.165) is 30.1 Å². The summed E-state index contributed by atoms with van der Waals surface area (Å²) in [4.78, 5) is 0. The largest absolute Gasteiger partial charge is 0.393 e. The predicted octanol–water partition coefficient (Wildman–Crippen LogP) is 4.25. The van der Waals surface area contributed by atoms with Crippen LogP contribution in [0.15, 0.2) is 0 Å². The summed E-state index contributed by atoms with van der Waals surface area (Å²) in [5.41, 5.74) is 0.361. The fraction of sp³-hybridized carbons (Fsp3) is 1.00. The van der Waals surface area contributed by atoms with E-state index >= 15 is 0 Å². The van der Waals surface area contributed by atoms with Gasteiger partial charge in [-0.3, -0.25) is 0 Å². The maximum atomic E-state index is 10.5. The maximum absolute atomic E-state index is 10.5. The third-order valence-corrected chi connectivity index (χ3v) is 6.73. The number of hydrogen-bond donors (Lipinski definition) is 1. The van der Waals surface area contributed by atoms with Crippen LogP contribution in [0.25, 0.3) is 0 Å². The molecule has 1 N–H and O–H groups in total. The summed E-state index contributed by atoms with van der Waals surface area (Å²) in [5, 5.41) is 10.5. The van der Waals surface area contributed by atoms with Crippen LogP contribution in [0.3, 0.4) is 0 Å². The van der Waals surface area contributed by atoms with Gasteiger partial charge in [0.15, 0.2) is 0 Å². The summed E-state index contributed by atoms with van der Waals surface area (Å²) in [6.45, 7) is 7.22. The first-order valence-corrected chi connectivity index (χ1v) is 8.16. The molecule has 2 bridgehead atoms. The van der Waals surface area contributed by atoms with E-state index < -0.39 is 0 Å². The fourth-order valence-electron chi connectivity index (χ4n) is 5.65. The Hall–Kier alpha value is -0.0400. The first kappa shape index (κ1) is 13.0. The average Bonchev–Trinajstić information content (AvgIpc) is 2.90. The van der Waals surface area contributed by atoms with Crippen molar-refractivity contribution in [3.8, 4) is 0 Å². The van der Waals surface area contributed by atoms with Crippen LogP contribution in [-0.2, 0) is 0 Å². The Morgan fingerprint density at radius 3 is 2.22 bits per heavy atom. The van der Waals surface area contributed by atoms with Crippen molar-refractivity contribution in [2.75, 3.05) is 0 Å². The molecule has 6 unspecified atom stereocenters. The molecular formula is C17H30O. The van der Waals surface area contributed by atoms with Crippen LogP contribution in [0.5, 0.6) is 0 Å². The standard InChI is InChI=1S/C17H30O/c1-11-4-7-14(16(18)8-11)17(2,3)15-10-12-5-6-13(15)9-12/h11-16,18H,4-10H2,1-3H3. The molecular weight excluding hydrogens is 220 g/mol. The zero-order valence-electron chi connectivity index (χ0n) is 12.4. The van der Waals surface area contributed by atoms with E-state index in [9.17, 15) is 5.11 Å². The number of hydrogen-bond acceptors (Lipinski definition) is 1. The van der Waals surface area contributed by atoms with E-state index in [1.807, 2.05) is 0 Å². The van der Waals surface area contributed by atoms with Crippen LogP contribution in [0.2, 0.25) is 0 Å². The molecule has 0 amide bonds. The molecule has 3 aliphatic rings. The van der Waals surface area contributed by atoms with Crippen molar-refractivity contribution in [1.29, 1.82) is 0 Å². The Labute approximate surface area is 112 Å². The van der Waals surface area contributed by atoms with Gasteiger partial charge in [-0.1, -0.05) is 33.6 Å². The highest BCUT2D eigenvalue weighted by Gasteiger charge is 2.50. The molecule has 3 saturated carbocycles. The smallest absolute Gasteiger partial charge is 0.0576 e. The van der Waals surface area contributed by atoms with Gasteiger partial charge in [0, 0.05) is 0 Å². The van der Waals surface area contributed by atoms with Crippen molar-refractivity contribution < 1.29 is 5.11 Å². The maximum Gasteiger partial charge on any atom is 0.0576 e. The molecule has 3 aliphatic carbocycles. The Bertz CT molecular complexity index is 309. The molecule has 3 rings (SSSR count). The van der Waals surface area contributed by atoms with Gasteiger partial charge in [-0.15, -0.1) is 0 Å². The number of aliphatic hydroxyl groups excluding tert-OH is 1. The van der Waals surface area contributed by atoms with E-state index in [1.54, 1.807) is 0 Å². The lowest BCUT2D eigenvalue weighted by atomic mass is 9.59. The lowest BCUT2D eigenvalue weighted by Gasteiger charge is -2.48. The Morgan fingerprint density at radius 2 is 1.67 bits per heavy atom. The van der Waals surface area contributed by atoms with E-state index in [1.165, 1.54) is 38.5 Å². The first-order valence-electron chi connectivity index (χ1n) is 8.16. The van der Waals surface area contributed by atoms with Gasteiger partial charge >= 0.3 is 0 Å². The monoisotopic (exact) mass is 250 g/mol. The molecule has 18 heavy (non-hydrogen) atoms. The second kappa shape index (κ2) is 4.51. The van der Waals surface area contributed by atoms with Crippen LogP contribution < -0.4 is 0 Å². The normalized spacial score (nSPS) is 48.7. The number of aliphatic hydroxyl groups is 1. The first-order chi connectivity index (χ1) is 8.48. The van der Waals surface area contributed by atoms with Gasteiger partial charge in [-0.05, 0) is 67.1 Å². The van der Waals surface area contributed by atoms with Gasteiger partial charge < -0.3 is 5.11 Å². The summed E-state index contributed by atoms with van der Waals surface area (Å²) >= 11 is 0. The Morgan fingerprint density at radius 1 is 0.889 bits per heavy atom. The van der Waals surface area contributed by atoms with Crippen LogP contribution >= 0.6 is 0 Å². The molecule has 1 heteroatoms. The molecule has 1 nitrogen and oxygen atoms in total. The minimum atomic E-state index is -0.0390. The molecule has 0 aromatic heterocycles. The van der Waals surface area contributed by atoms with Crippen molar-refractivity contribution in [2.24, 2.45) is 35.0 Å². The Balaban J connectivity index is 1.73. The van der Waals surface area contributed by atoms with Crippen molar-refractivity contribution in [3.63, 3.8) is 0 Å². The second-order valence-corrected chi connectivity index (χ2v) is 8.19. The zero-order chi connectivity index (χ0) is 12.9. The lowest BCUT2D eigenvalue weighted by molar-refractivity contribution is -0.0498. The van der Waals surface area contributed by atoms with E-state index in [0.29, 0.717) is 11.3 Å². The lowest BCUT2D eigenvalue weighted by Crippen LogP contribution is -2.44. The van der Waals surface area contributed by atoms with Crippen molar-refractivity contribution in [3.05, 3.63) is 0 Å². The molecule has 0 aliphatic heterocycles. The van der Waals surface area contributed by atoms with Gasteiger partial charge in [0.05, 0.1) is 6.10 Å². The minimum Gasteiger partial charge on any atom is -0.393 e. The van der Waals surface area contributed by atoms with E-state index in [2.05, 4.69) is 20.8 Å². The van der Waals surface area contributed by atoms with Crippen LogP contribution in [0, 0.1) is 35.0 Å². The van der Waals surface area contributed by atoms with Crippen LogP contribution in [0.1, 0.15) is 65.7 Å². The predicted molar refractivity (Wildman–Crippen MR) is 75.2 cm³/mol. The molecule has 6 atom stereocenters. The highest BCUT2D eigenvalue weighted by molar-refractivity contribution is 5.00. The second-order valence-electron chi connectivity index (χ2n) is 8.19. The van der Waals surface area contributed by atoms with Crippen LogP contribution in [0.4, 0.5) is 0 Å². The Kier molecular flexibility index (Phi) is 3.25. The van der Waals surface area contributed by atoms with Crippen molar-refractivity contribution in [1.82, 2.24) is 0 Å². The molecule has 0 aromatic carbocycles. The molecule has 0 heterocycles. The van der Waals surface area contributed by atoms with Gasteiger partial charge in [0.1, 0.15) is 0 Å². The molecule has 104 valence electrons. The van der Waals surface area contributed by atoms with Gasteiger partial charge in [-0.25, -0.2) is 0 Å². The highest BCUT2D eigenvalue weighted by atomic mass is 16.3. The van der Waals surface area contributed by atoms with Crippen molar-refractivity contribution >= 4 is 0 Å². The van der Waals surface area contributed by atoms with Gasteiger partial charge in [0.2, 0.25) is 0 Å². The minimum absolute atomic E-state index is 0.0390. The molecule has 0 aromatic rings. The average molecular weight is 250 g/mol. The van der Waals surface area contributed by atoms with Gasteiger partial charge in [-0.2, -0.15) is 0 Å². The summed E-state index contributed by atoms with van der Waals surface area (Å²) < 4.78 is 0. The number of rotatable bonds is 2. The fourth-order valence-corrected chi connectivity index (χ4v) is 5.65. The van der Waals surface area contributed by atoms with E-state index in [-0.39, 0.29) is 6.10 Å². The number of fused-ring (bicyclic) bond motifs is 2. The summed E-state index contributed by atoms with van der Waals surface area (Å²) in [7, 11) is 0. The van der Waals surface area contributed by atoms with Crippen LogP contribution in [-0.4, -0.2) is 11.2 Å². The summed E-state index contributed by atoms with van der Waals surface area (Å²) in [6.07, 6.45) is 9.48. The topological polar surface area (TPSA) is 20.2 Å². The summed E-state index contributed by atoms with van der Waals surface area (Å²) in [5.74, 6) is 4.19. The highest BCUT2D eigenvalue weighted by Crippen LogP contribution is 2.58. The van der Waals surface area contributed by atoms with Crippen molar-refractivity contribution in [2.45, 2.75) is 71.8 Å². The van der Waals surface area contributed by atoms with Gasteiger partial charge in [0.25, 0.3) is 0 Å². The third kappa shape index (κ3) is 2.03. The quantitative estimate of drug-likeness (QED) is 0.777.